The van der Waals surface area contributed by atoms with Crippen LogP contribution in [0.1, 0.15) is 39.0 Å². The number of hydrogen-bond acceptors (Lipinski definition) is 3. The molecule has 1 fully saturated rings. The van der Waals surface area contributed by atoms with Crippen molar-refractivity contribution in [3.05, 3.63) is 11.6 Å². The molecule has 0 aromatic heterocycles. The van der Waals surface area contributed by atoms with Gasteiger partial charge in [-0.2, -0.15) is 0 Å². The van der Waals surface area contributed by atoms with Gasteiger partial charge < -0.3 is 15.8 Å². The first-order chi connectivity index (χ1) is 7.77. The SMILES string of the molecule is CC1OCCC1(CN)NCCC1=CCCC1. The second kappa shape index (κ2) is 5.30. The molecule has 2 unspecified atom stereocenters. The van der Waals surface area contributed by atoms with Gasteiger partial charge in [0, 0.05) is 13.2 Å². The molecule has 0 bridgehead atoms. The van der Waals surface area contributed by atoms with E-state index in [1.807, 2.05) is 0 Å². The van der Waals surface area contributed by atoms with E-state index in [0.717, 1.165) is 19.6 Å². The number of ether oxygens (including phenoxy) is 1. The molecule has 0 radical (unpaired) electrons. The lowest BCUT2D eigenvalue weighted by atomic mass is 9.92. The van der Waals surface area contributed by atoms with Crippen LogP contribution in [0.15, 0.2) is 11.6 Å². The first kappa shape index (κ1) is 12.1. The van der Waals surface area contributed by atoms with E-state index in [-0.39, 0.29) is 11.6 Å². The standard InChI is InChI=1S/C13H24N2O/c1-11-13(10-14,7-9-16-11)15-8-6-12-4-2-3-5-12/h4,11,15H,2-3,5-10,14H2,1H3. The lowest BCUT2D eigenvalue weighted by Gasteiger charge is -2.32. The number of allylic oxidation sites excluding steroid dienone is 1. The Bertz CT molecular complexity index is 265. The molecular formula is C13H24N2O. The highest BCUT2D eigenvalue weighted by atomic mass is 16.5. The van der Waals surface area contributed by atoms with Gasteiger partial charge in [-0.3, -0.25) is 0 Å². The minimum Gasteiger partial charge on any atom is -0.376 e. The quantitative estimate of drug-likeness (QED) is 0.697. The molecule has 0 spiro atoms. The topological polar surface area (TPSA) is 47.3 Å². The molecule has 2 rings (SSSR count). The number of rotatable bonds is 5. The second-order valence-electron chi connectivity index (χ2n) is 5.05. The van der Waals surface area contributed by atoms with E-state index < -0.39 is 0 Å². The van der Waals surface area contributed by atoms with E-state index >= 15 is 0 Å². The monoisotopic (exact) mass is 224 g/mol. The molecule has 3 heteroatoms. The molecule has 3 N–H and O–H groups in total. The average molecular weight is 224 g/mol. The molecule has 92 valence electrons. The van der Waals surface area contributed by atoms with Crippen molar-refractivity contribution < 1.29 is 4.74 Å². The molecule has 1 aliphatic carbocycles. The molecule has 0 amide bonds. The Morgan fingerprint density at radius 3 is 3.06 bits per heavy atom. The first-order valence-electron chi connectivity index (χ1n) is 6.51. The molecule has 16 heavy (non-hydrogen) atoms. The zero-order valence-corrected chi connectivity index (χ0v) is 10.3. The summed E-state index contributed by atoms with van der Waals surface area (Å²) in [6.07, 6.45) is 8.77. The summed E-state index contributed by atoms with van der Waals surface area (Å²) in [6, 6.07) is 0. The third kappa shape index (κ3) is 2.47. The van der Waals surface area contributed by atoms with Gasteiger partial charge in [-0.05, 0) is 45.6 Å². The third-order valence-corrected chi connectivity index (χ3v) is 4.12. The van der Waals surface area contributed by atoms with Crippen molar-refractivity contribution in [3.8, 4) is 0 Å². The zero-order valence-electron chi connectivity index (χ0n) is 10.3. The Balaban J connectivity index is 1.78. The van der Waals surface area contributed by atoms with Gasteiger partial charge in [0.2, 0.25) is 0 Å². The average Bonchev–Trinajstić information content (AvgIpc) is 2.90. The normalized spacial score (nSPS) is 34.4. The Labute approximate surface area is 98.4 Å². The van der Waals surface area contributed by atoms with E-state index in [1.54, 1.807) is 5.57 Å². The van der Waals surface area contributed by atoms with Crippen LogP contribution in [0.2, 0.25) is 0 Å². The van der Waals surface area contributed by atoms with Crippen LogP contribution in [0.3, 0.4) is 0 Å². The van der Waals surface area contributed by atoms with Crippen molar-refractivity contribution in [1.29, 1.82) is 0 Å². The summed E-state index contributed by atoms with van der Waals surface area (Å²) in [7, 11) is 0. The third-order valence-electron chi connectivity index (χ3n) is 4.12. The summed E-state index contributed by atoms with van der Waals surface area (Å²) in [5.74, 6) is 0. The van der Waals surface area contributed by atoms with Crippen LogP contribution in [0.25, 0.3) is 0 Å². The largest absolute Gasteiger partial charge is 0.376 e. The highest BCUT2D eigenvalue weighted by Crippen LogP contribution is 2.25. The molecule has 1 aliphatic heterocycles. The van der Waals surface area contributed by atoms with Crippen molar-refractivity contribution in [2.75, 3.05) is 19.7 Å². The highest BCUT2D eigenvalue weighted by Gasteiger charge is 2.39. The summed E-state index contributed by atoms with van der Waals surface area (Å²) in [5, 5.41) is 3.63. The van der Waals surface area contributed by atoms with Crippen LogP contribution >= 0.6 is 0 Å². The minimum absolute atomic E-state index is 0.0269. The van der Waals surface area contributed by atoms with Gasteiger partial charge in [-0.25, -0.2) is 0 Å². The molecule has 2 atom stereocenters. The van der Waals surface area contributed by atoms with Crippen LogP contribution in [0.4, 0.5) is 0 Å². The smallest absolute Gasteiger partial charge is 0.0741 e. The Kier molecular flexibility index (Phi) is 4.00. The van der Waals surface area contributed by atoms with Crippen LogP contribution in [0, 0.1) is 0 Å². The Hall–Kier alpha value is -0.380. The van der Waals surface area contributed by atoms with Crippen molar-refractivity contribution >= 4 is 0 Å². The molecule has 2 aliphatic rings. The number of nitrogens with two attached hydrogens (primary N) is 1. The molecule has 1 heterocycles. The summed E-state index contributed by atoms with van der Waals surface area (Å²) in [6.45, 7) is 4.68. The number of hydrogen-bond donors (Lipinski definition) is 2. The fourth-order valence-electron chi connectivity index (χ4n) is 2.79. The molecular weight excluding hydrogens is 200 g/mol. The van der Waals surface area contributed by atoms with Crippen molar-refractivity contribution in [2.45, 2.75) is 50.7 Å². The maximum Gasteiger partial charge on any atom is 0.0741 e. The van der Waals surface area contributed by atoms with Crippen molar-refractivity contribution in [2.24, 2.45) is 5.73 Å². The van der Waals surface area contributed by atoms with Gasteiger partial charge in [-0.1, -0.05) is 11.6 Å². The van der Waals surface area contributed by atoms with Gasteiger partial charge in [0.15, 0.2) is 0 Å². The van der Waals surface area contributed by atoms with E-state index in [9.17, 15) is 0 Å². The van der Waals surface area contributed by atoms with Crippen LogP contribution in [-0.2, 0) is 4.74 Å². The van der Waals surface area contributed by atoms with Crippen LogP contribution in [-0.4, -0.2) is 31.3 Å². The summed E-state index contributed by atoms with van der Waals surface area (Å²) in [4.78, 5) is 0. The predicted molar refractivity (Wildman–Crippen MR) is 66.4 cm³/mol. The van der Waals surface area contributed by atoms with Gasteiger partial charge in [0.25, 0.3) is 0 Å². The van der Waals surface area contributed by atoms with E-state index in [4.69, 9.17) is 10.5 Å². The fourth-order valence-corrected chi connectivity index (χ4v) is 2.79. The predicted octanol–water partition coefficient (Wildman–Crippen LogP) is 1.58. The van der Waals surface area contributed by atoms with Crippen LogP contribution in [0.5, 0.6) is 0 Å². The Morgan fingerprint density at radius 1 is 1.62 bits per heavy atom. The van der Waals surface area contributed by atoms with Crippen molar-refractivity contribution in [3.63, 3.8) is 0 Å². The summed E-state index contributed by atoms with van der Waals surface area (Å²) in [5.41, 5.74) is 7.54. The summed E-state index contributed by atoms with van der Waals surface area (Å²) >= 11 is 0. The second-order valence-corrected chi connectivity index (χ2v) is 5.05. The number of nitrogens with one attached hydrogen (secondary N) is 1. The molecule has 1 saturated heterocycles. The van der Waals surface area contributed by atoms with Crippen molar-refractivity contribution in [1.82, 2.24) is 5.32 Å². The summed E-state index contributed by atoms with van der Waals surface area (Å²) < 4.78 is 5.63. The first-order valence-corrected chi connectivity index (χ1v) is 6.51. The zero-order chi connectivity index (χ0) is 11.4. The van der Waals surface area contributed by atoms with E-state index in [1.165, 1.54) is 25.7 Å². The molecule has 0 saturated carbocycles. The minimum atomic E-state index is 0.0269. The van der Waals surface area contributed by atoms with Gasteiger partial charge >= 0.3 is 0 Å². The van der Waals surface area contributed by atoms with E-state index in [0.29, 0.717) is 6.54 Å². The fraction of sp³-hybridized carbons (Fsp3) is 0.846. The van der Waals surface area contributed by atoms with Crippen LogP contribution < -0.4 is 11.1 Å². The lowest BCUT2D eigenvalue weighted by molar-refractivity contribution is 0.0856. The maximum atomic E-state index is 5.90. The van der Waals surface area contributed by atoms with E-state index in [2.05, 4.69) is 18.3 Å². The molecule has 3 nitrogen and oxygen atoms in total. The molecule has 0 aromatic rings. The van der Waals surface area contributed by atoms with Gasteiger partial charge in [0.1, 0.15) is 0 Å². The van der Waals surface area contributed by atoms with Gasteiger partial charge in [-0.15, -0.1) is 0 Å². The maximum absolute atomic E-state index is 5.90. The highest BCUT2D eigenvalue weighted by molar-refractivity contribution is 5.08. The lowest BCUT2D eigenvalue weighted by Crippen LogP contribution is -2.56. The van der Waals surface area contributed by atoms with Gasteiger partial charge in [0.05, 0.1) is 11.6 Å². The Morgan fingerprint density at radius 2 is 2.50 bits per heavy atom. The molecule has 0 aromatic carbocycles.